The van der Waals surface area contributed by atoms with E-state index in [0.717, 1.165) is 19.3 Å². The first-order chi connectivity index (χ1) is 9.40. The minimum atomic E-state index is -3.70. The smallest absolute Gasteiger partial charge is 0.337 e. The molecule has 1 saturated heterocycles. The molecule has 1 heterocycles. The molecule has 110 valence electrons. The summed E-state index contributed by atoms with van der Waals surface area (Å²) in [6.07, 6.45) is 2.67. The number of aromatic carboxylic acids is 1. The van der Waals surface area contributed by atoms with Crippen LogP contribution in [0.3, 0.4) is 0 Å². The van der Waals surface area contributed by atoms with Gasteiger partial charge in [-0.05, 0) is 31.0 Å². The lowest BCUT2D eigenvalue weighted by molar-refractivity contribution is 0.0698. The number of hydrogen-bond acceptors (Lipinski definition) is 3. The molecule has 0 spiro atoms. The van der Waals surface area contributed by atoms with E-state index in [4.69, 9.17) is 5.11 Å². The van der Waals surface area contributed by atoms with Gasteiger partial charge in [0.2, 0.25) is 0 Å². The molecule has 0 saturated carbocycles. The normalized spacial score (nSPS) is 16.9. The maximum Gasteiger partial charge on any atom is 0.337 e. The average molecular weight is 363 g/mol. The van der Waals surface area contributed by atoms with Gasteiger partial charge in [-0.15, -0.1) is 0 Å². The van der Waals surface area contributed by atoms with Crippen LogP contribution in [0.1, 0.15) is 29.6 Å². The zero-order chi connectivity index (χ0) is 14.8. The predicted octanol–water partition coefficient (Wildman–Crippen LogP) is 2.29. The highest BCUT2D eigenvalue weighted by molar-refractivity contribution is 9.10. The van der Waals surface area contributed by atoms with Crippen LogP contribution < -0.4 is 4.72 Å². The number of anilines is 1. The summed E-state index contributed by atoms with van der Waals surface area (Å²) in [4.78, 5) is 11.2. The van der Waals surface area contributed by atoms with Gasteiger partial charge in [-0.3, -0.25) is 4.72 Å². The topological polar surface area (TPSA) is 86.7 Å². The standard InChI is InChI=1S/C12H15BrN2O4S/c13-9-4-5-11(10(8-9)12(16)17)14-20(18,19)15-6-2-1-3-7-15/h4-5,8,14H,1-3,6-7H2,(H,16,17). The fraction of sp³-hybridized carbons (Fsp3) is 0.417. The van der Waals surface area contributed by atoms with Crippen LogP contribution in [0.4, 0.5) is 5.69 Å². The third kappa shape index (κ3) is 3.50. The fourth-order valence-electron chi connectivity index (χ4n) is 2.09. The minimum Gasteiger partial charge on any atom is -0.478 e. The molecule has 0 amide bonds. The second kappa shape index (κ2) is 6.11. The molecule has 0 aliphatic carbocycles. The molecule has 0 aromatic heterocycles. The Morgan fingerprint density at radius 2 is 1.90 bits per heavy atom. The van der Waals surface area contributed by atoms with E-state index >= 15 is 0 Å². The molecule has 1 aromatic rings. The third-order valence-electron chi connectivity index (χ3n) is 3.11. The number of carbonyl (C=O) groups is 1. The van der Waals surface area contributed by atoms with Crippen LogP contribution in [0.25, 0.3) is 0 Å². The maximum absolute atomic E-state index is 12.2. The number of carboxylic acids is 1. The lowest BCUT2D eigenvalue weighted by Gasteiger charge is -2.26. The predicted molar refractivity (Wildman–Crippen MR) is 79.1 cm³/mol. The van der Waals surface area contributed by atoms with Gasteiger partial charge in [0, 0.05) is 17.6 Å². The van der Waals surface area contributed by atoms with Gasteiger partial charge >= 0.3 is 16.2 Å². The Bertz CT molecular complexity index is 612. The Morgan fingerprint density at radius 3 is 2.50 bits per heavy atom. The van der Waals surface area contributed by atoms with E-state index in [2.05, 4.69) is 20.7 Å². The molecule has 0 bridgehead atoms. The van der Waals surface area contributed by atoms with Crippen LogP contribution in [0.5, 0.6) is 0 Å². The largest absolute Gasteiger partial charge is 0.478 e. The molecule has 8 heteroatoms. The summed E-state index contributed by atoms with van der Waals surface area (Å²) in [5, 5.41) is 9.13. The van der Waals surface area contributed by atoms with Crippen molar-refractivity contribution in [3.63, 3.8) is 0 Å². The number of piperidine rings is 1. The van der Waals surface area contributed by atoms with Gasteiger partial charge in [-0.25, -0.2) is 4.79 Å². The second-order valence-electron chi connectivity index (χ2n) is 4.56. The van der Waals surface area contributed by atoms with E-state index in [0.29, 0.717) is 17.6 Å². The Kier molecular flexibility index (Phi) is 4.66. The summed E-state index contributed by atoms with van der Waals surface area (Å²) in [5.74, 6) is -1.18. The summed E-state index contributed by atoms with van der Waals surface area (Å²) in [5.41, 5.74) is -0.00812. The molecule has 0 atom stereocenters. The first-order valence-electron chi connectivity index (χ1n) is 6.21. The van der Waals surface area contributed by atoms with Crippen LogP contribution in [0.15, 0.2) is 22.7 Å². The van der Waals surface area contributed by atoms with Gasteiger partial charge in [-0.1, -0.05) is 22.4 Å². The zero-order valence-corrected chi connectivity index (χ0v) is 13.1. The first kappa shape index (κ1) is 15.3. The highest BCUT2D eigenvalue weighted by Gasteiger charge is 2.25. The van der Waals surface area contributed by atoms with Gasteiger partial charge in [-0.2, -0.15) is 12.7 Å². The Morgan fingerprint density at radius 1 is 1.25 bits per heavy atom. The summed E-state index contributed by atoms with van der Waals surface area (Å²) < 4.78 is 28.7. The minimum absolute atomic E-state index is 0.0753. The molecule has 1 aliphatic rings. The zero-order valence-electron chi connectivity index (χ0n) is 10.7. The Balaban J connectivity index is 2.27. The Labute approximate surface area is 126 Å². The summed E-state index contributed by atoms with van der Waals surface area (Å²) >= 11 is 3.17. The lowest BCUT2D eigenvalue weighted by atomic mass is 10.2. The highest BCUT2D eigenvalue weighted by Crippen LogP contribution is 2.23. The first-order valence-corrected chi connectivity index (χ1v) is 8.44. The lowest BCUT2D eigenvalue weighted by Crippen LogP contribution is -2.39. The molecule has 1 fully saturated rings. The van der Waals surface area contributed by atoms with Crippen LogP contribution in [-0.4, -0.2) is 36.9 Å². The third-order valence-corrected chi connectivity index (χ3v) is 5.12. The van der Waals surface area contributed by atoms with Crippen molar-refractivity contribution in [2.45, 2.75) is 19.3 Å². The van der Waals surface area contributed by atoms with Gasteiger partial charge in [0.05, 0.1) is 11.3 Å². The molecule has 1 aliphatic heterocycles. The summed E-state index contributed by atoms with van der Waals surface area (Å²) in [7, 11) is -3.70. The maximum atomic E-state index is 12.2. The SMILES string of the molecule is O=C(O)c1cc(Br)ccc1NS(=O)(=O)N1CCCCC1. The van der Waals surface area contributed by atoms with Crippen LogP contribution >= 0.6 is 15.9 Å². The monoisotopic (exact) mass is 362 g/mol. The summed E-state index contributed by atoms with van der Waals surface area (Å²) in [6, 6.07) is 4.41. The number of nitrogens with one attached hydrogen (secondary N) is 1. The van der Waals surface area contributed by atoms with Gasteiger partial charge in [0.1, 0.15) is 0 Å². The molecular weight excluding hydrogens is 348 g/mol. The molecule has 1 aromatic carbocycles. The number of halogens is 1. The molecule has 2 N–H and O–H groups in total. The molecule has 2 rings (SSSR count). The number of hydrogen-bond donors (Lipinski definition) is 2. The Hall–Kier alpha value is -1.12. The van der Waals surface area contributed by atoms with Crippen LogP contribution in [-0.2, 0) is 10.2 Å². The number of nitrogens with zero attached hydrogens (tertiary/aromatic N) is 1. The van der Waals surface area contributed by atoms with Gasteiger partial charge in [0.25, 0.3) is 0 Å². The van der Waals surface area contributed by atoms with Crippen molar-refractivity contribution in [2.24, 2.45) is 0 Å². The number of benzene rings is 1. The van der Waals surface area contributed by atoms with Crippen molar-refractivity contribution < 1.29 is 18.3 Å². The van der Waals surface area contributed by atoms with E-state index in [9.17, 15) is 13.2 Å². The van der Waals surface area contributed by atoms with Crippen molar-refractivity contribution in [2.75, 3.05) is 17.8 Å². The van der Waals surface area contributed by atoms with E-state index in [1.165, 1.54) is 16.4 Å². The quantitative estimate of drug-likeness (QED) is 0.859. The number of rotatable bonds is 4. The van der Waals surface area contributed by atoms with Crippen molar-refractivity contribution >= 4 is 37.8 Å². The molecule has 6 nitrogen and oxygen atoms in total. The van der Waals surface area contributed by atoms with Crippen molar-refractivity contribution in [3.05, 3.63) is 28.2 Å². The van der Waals surface area contributed by atoms with E-state index in [1.54, 1.807) is 6.07 Å². The molecular formula is C12H15BrN2O4S. The van der Waals surface area contributed by atoms with Gasteiger partial charge < -0.3 is 5.11 Å². The second-order valence-corrected chi connectivity index (χ2v) is 7.15. The van der Waals surface area contributed by atoms with Gasteiger partial charge in [0.15, 0.2) is 0 Å². The molecule has 20 heavy (non-hydrogen) atoms. The van der Waals surface area contributed by atoms with Crippen molar-refractivity contribution in [3.8, 4) is 0 Å². The van der Waals surface area contributed by atoms with Crippen LogP contribution in [0.2, 0.25) is 0 Å². The van der Waals surface area contributed by atoms with Crippen LogP contribution in [0, 0.1) is 0 Å². The highest BCUT2D eigenvalue weighted by atomic mass is 79.9. The average Bonchev–Trinajstić information content (AvgIpc) is 2.41. The van der Waals surface area contributed by atoms with Crippen molar-refractivity contribution in [1.82, 2.24) is 4.31 Å². The molecule has 0 unspecified atom stereocenters. The van der Waals surface area contributed by atoms with E-state index < -0.39 is 16.2 Å². The molecule has 0 radical (unpaired) electrons. The van der Waals surface area contributed by atoms with Crippen molar-refractivity contribution in [1.29, 1.82) is 0 Å². The van der Waals surface area contributed by atoms with E-state index in [1.807, 2.05) is 0 Å². The number of carboxylic acid groups (broad SMARTS) is 1. The summed E-state index contributed by atoms with van der Waals surface area (Å²) in [6.45, 7) is 0.933. The van der Waals surface area contributed by atoms with E-state index in [-0.39, 0.29) is 11.3 Å². The fourth-order valence-corrected chi connectivity index (χ4v) is 3.78.